The summed E-state index contributed by atoms with van der Waals surface area (Å²) >= 11 is 0. The number of nitrogens with zero attached hydrogens (tertiary/aromatic N) is 2. The lowest BCUT2D eigenvalue weighted by molar-refractivity contribution is -0.140. The first-order chi connectivity index (χ1) is 9.16. The van der Waals surface area contributed by atoms with Gasteiger partial charge in [-0.2, -0.15) is 0 Å². The highest BCUT2D eigenvalue weighted by atomic mass is 16.2. The van der Waals surface area contributed by atoms with Gasteiger partial charge in [-0.3, -0.25) is 4.79 Å². The zero-order valence-electron chi connectivity index (χ0n) is 12.5. The Hall–Kier alpha value is -0.570. The summed E-state index contributed by atoms with van der Waals surface area (Å²) in [5.41, 5.74) is 0. The lowest BCUT2D eigenvalue weighted by Crippen LogP contribution is -2.54. The van der Waals surface area contributed by atoms with E-state index in [2.05, 4.69) is 9.80 Å². The fourth-order valence-electron chi connectivity index (χ4n) is 4.39. The van der Waals surface area contributed by atoms with Gasteiger partial charge in [0.2, 0.25) is 5.91 Å². The number of hydrogen-bond acceptors (Lipinski definition) is 2. The number of carbonyl (C=O) groups is 1. The largest absolute Gasteiger partial charge is 0.336 e. The SMILES string of the molecule is CC(C)C(=O)N1C2CCC1CC(N1CCCCC1)C2. The Bertz CT molecular complexity index is 322. The van der Waals surface area contributed by atoms with Crippen LogP contribution in [0.1, 0.15) is 58.8 Å². The number of piperidine rings is 2. The molecule has 3 heterocycles. The minimum Gasteiger partial charge on any atom is -0.336 e. The van der Waals surface area contributed by atoms with Crippen molar-refractivity contribution in [1.29, 1.82) is 0 Å². The van der Waals surface area contributed by atoms with Crippen molar-refractivity contribution in [2.24, 2.45) is 5.92 Å². The molecule has 0 radical (unpaired) electrons. The van der Waals surface area contributed by atoms with Crippen LogP contribution in [0.25, 0.3) is 0 Å². The number of rotatable bonds is 2. The molecule has 3 saturated heterocycles. The van der Waals surface area contributed by atoms with Crippen LogP contribution in [0.5, 0.6) is 0 Å². The van der Waals surface area contributed by atoms with E-state index in [0.29, 0.717) is 18.0 Å². The van der Waals surface area contributed by atoms with Crippen molar-refractivity contribution in [1.82, 2.24) is 9.80 Å². The van der Waals surface area contributed by atoms with Gasteiger partial charge < -0.3 is 9.80 Å². The van der Waals surface area contributed by atoms with Crippen LogP contribution < -0.4 is 0 Å². The highest BCUT2D eigenvalue weighted by Crippen LogP contribution is 2.39. The maximum absolute atomic E-state index is 12.4. The molecule has 3 aliphatic rings. The molecule has 0 saturated carbocycles. The molecule has 3 rings (SSSR count). The molecule has 0 aliphatic carbocycles. The van der Waals surface area contributed by atoms with E-state index in [1.165, 1.54) is 58.0 Å². The van der Waals surface area contributed by atoms with E-state index < -0.39 is 0 Å². The standard InChI is InChI=1S/C16H28N2O/c1-12(2)16(19)18-13-6-7-14(18)11-15(10-13)17-8-4-3-5-9-17/h12-15H,3-11H2,1-2H3. The van der Waals surface area contributed by atoms with E-state index >= 15 is 0 Å². The Morgan fingerprint density at radius 2 is 1.53 bits per heavy atom. The number of carbonyl (C=O) groups excluding carboxylic acids is 1. The van der Waals surface area contributed by atoms with Crippen LogP contribution in [-0.4, -0.2) is 46.9 Å². The third kappa shape index (κ3) is 2.54. The number of amides is 1. The molecule has 2 unspecified atom stereocenters. The Labute approximate surface area is 117 Å². The van der Waals surface area contributed by atoms with Gasteiger partial charge in [0.1, 0.15) is 0 Å². The van der Waals surface area contributed by atoms with Crippen molar-refractivity contribution >= 4 is 5.91 Å². The van der Waals surface area contributed by atoms with Gasteiger partial charge in [-0.1, -0.05) is 20.3 Å². The maximum atomic E-state index is 12.4. The lowest BCUT2D eigenvalue weighted by Gasteiger charge is -2.45. The van der Waals surface area contributed by atoms with Crippen molar-refractivity contribution in [2.75, 3.05) is 13.1 Å². The molecule has 0 N–H and O–H groups in total. The molecular formula is C16H28N2O. The van der Waals surface area contributed by atoms with Crippen LogP contribution in [-0.2, 0) is 4.79 Å². The fourth-order valence-corrected chi connectivity index (χ4v) is 4.39. The normalized spacial score (nSPS) is 35.9. The second-order valence-electron chi connectivity index (χ2n) is 7.01. The number of hydrogen-bond donors (Lipinski definition) is 0. The first-order valence-corrected chi connectivity index (χ1v) is 8.23. The summed E-state index contributed by atoms with van der Waals surface area (Å²) in [5, 5.41) is 0. The Morgan fingerprint density at radius 1 is 0.947 bits per heavy atom. The average Bonchev–Trinajstić information content (AvgIpc) is 2.68. The van der Waals surface area contributed by atoms with Crippen molar-refractivity contribution in [3.8, 4) is 0 Å². The molecular weight excluding hydrogens is 236 g/mol. The van der Waals surface area contributed by atoms with E-state index in [1.807, 2.05) is 13.8 Å². The predicted octanol–water partition coefficient (Wildman–Crippen LogP) is 2.65. The molecule has 2 atom stereocenters. The monoisotopic (exact) mass is 264 g/mol. The summed E-state index contributed by atoms with van der Waals surface area (Å²) in [6.07, 6.45) is 9.11. The molecule has 3 nitrogen and oxygen atoms in total. The highest BCUT2D eigenvalue weighted by Gasteiger charge is 2.44. The molecule has 2 bridgehead atoms. The Kier molecular flexibility index (Phi) is 3.84. The summed E-state index contributed by atoms with van der Waals surface area (Å²) in [6, 6.07) is 1.84. The number of fused-ring (bicyclic) bond motifs is 2. The van der Waals surface area contributed by atoms with E-state index in [1.54, 1.807) is 0 Å². The maximum Gasteiger partial charge on any atom is 0.225 e. The molecule has 3 aliphatic heterocycles. The van der Waals surface area contributed by atoms with Crippen LogP contribution >= 0.6 is 0 Å². The minimum absolute atomic E-state index is 0.162. The Balaban J connectivity index is 1.66. The van der Waals surface area contributed by atoms with Crippen molar-refractivity contribution in [2.45, 2.75) is 76.9 Å². The van der Waals surface area contributed by atoms with Gasteiger partial charge >= 0.3 is 0 Å². The second kappa shape index (κ2) is 5.43. The second-order valence-corrected chi connectivity index (χ2v) is 7.01. The first kappa shape index (κ1) is 13.4. The summed E-state index contributed by atoms with van der Waals surface area (Å²) in [6.45, 7) is 6.67. The smallest absolute Gasteiger partial charge is 0.225 e. The van der Waals surface area contributed by atoms with E-state index in [0.717, 1.165) is 6.04 Å². The third-order valence-corrected chi connectivity index (χ3v) is 5.36. The minimum atomic E-state index is 0.162. The zero-order chi connectivity index (χ0) is 13.4. The fraction of sp³-hybridized carbons (Fsp3) is 0.938. The molecule has 0 aromatic heterocycles. The van der Waals surface area contributed by atoms with Gasteiger partial charge in [-0.05, 0) is 51.6 Å². The van der Waals surface area contributed by atoms with E-state index in [4.69, 9.17) is 0 Å². The predicted molar refractivity (Wildman–Crippen MR) is 76.9 cm³/mol. The lowest BCUT2D eigenvalue weighted by atomic mass is 9.93. The van der Waals surface area contributed by atoms with Gasteiger partial charge in [-0.15, -0.1) is 0 Å². The van der Waals surface area contributed by atoms with Crippen LogP contribution in [0.4, 0.5) is 0 Å². The molecule has 0 spiro atoms. The van der Waals surface area contributed by atoms with Crippen LogP contribution in [0.15, 0.2) is 0 Å². The summed E-state index contributed by atoms with van der Waals surface area (Å²) in [7, 11) is 0. The summed E-state index contributed by atoms with van der Waals surface area (Å²) in [5.74, 6) is 0.555. The summed E-state index contributed by atoms with van der Waals surface area (Å²) < 4.78 is 0. The first-order valence-electron chi connectivity index (χ1n) is 8.23. The van der Waals surface area contributed by atoms with Crippen molar-refractivity contribution in [3.63, 3.8) is 0 Å². The average molecular weight is 264 g/mol. The third-order valence-electron chi connectivity index (χ3n) is 5.36. The van der Waals surface area contributed by atoms with Gasteiger partial charge in [0.05, 0.1) is 0 Å². The zero-order valence-corrected chi connectivity index (χ0v) is 12.5. The molecule has 3 heteroatoms. The summed E-state index contributed by atoms with van der Waals surface area (Å²) in [4.78, 5) is 17.3. The van der Waals surface area contributed by atoms with Crippen molar-refractivity contribution < 1.29 is 4.79 Å². The van der Waals surface area contributed by atoms with Crippen LogP contribution in [0, 0.1) is 5.92 Å². The van der Waals surface area contributed by atoms with Crippen molar-refractivity contribution in [3.05, 3.63) is 0 Å². The van der Waals surface area contributed by atoms with Gasteiger partial charge in [-0.25, -0.2) is 0 Å². The van der Waals surface area contributed by atoms with E-state index in [9.17, 15) is 4.79 Å². The quantitative estimate of drug-likeness (QED) is 0.765. The topological polar surface area (TPSA) is 23.6 Å². The molecule has 3 fully saturated rings. The molecule has 0 aromatic carbocycles. The van der Waals surface area contributed by atoms with E-state index in [-0.39, 0.29) is 5.92 Å². The Morgan fingerprint density at radius 3 is 2.05 bits per heavy atom. The van der Waals surface area contributed by atoms with Gasteiger partial charge in [0.15, 0.2) is 0 Å². The number of likely N-dealkylation sites (tertiary alicyclic amines) is 1. The molecule has 19 heavy (non-hydrogen) atoms. The van der Waals surface area contributed by atoms with Gasteiger partial charge in [0.25, 0.3) is 0 Å². The van der Waals surface area contributed by atoms with Crippen LogP contribution in [0.3, 0.4) is 0 Å². The van der Waals surface area contributed by atoms with Gasteiger partial charge in [0, 0.05) is 24.0 Å². The molecule has 1 amide bonds. The highest BCUT2D eigenvalue weighted by molar-refractivity contribution is 5.79. The molecule has 0 aromatic rings. The molecule has 108 valence electrons. The van der Waals surface area contributed by atoms with Crippen LogP contribution in [0.2, 0.25) is 0 Å².